The second-order valence-corrected chi connectivity index (χ2v) is 5.71. The molecule has 4 heteroatoms. The summed E-state index contributed by atoms with van der Waals surface area (Å²) < 4.78 is 14.4. The molecular weight excluding hydrogens is 222 g/mol. The second kappa shape index (κ2) is 7.60. The topological polar surface area (TPSA) is 46.2 Å². The first-order chi connectivity index (χ1) is 7.43. The summed E-state index contributed by atoms with van der Waals surface area (Å²) in [4.78, 5) is 11.5. The van der Waals surface area contributed by atoms with Crippen molar-refractivity contribution in [1.29, 1.82) is 0 Å². The quantitative estimate of drug-likeness (QED) is 0.731. The van der Waals surface area contributed by atoms with Gasteiger partial charge < -0.3 is 0 Å². The van der Waals surface area contributed by atoms with Crippen LogP contribution in [0.5, 0.6) is 0 Å². The van der Waals surface area contributed by atoms with Crippen LogP contribution in [-0.2, 0) is 15.8 Å². The van der Waals surface area contributed by atoms with Gasteiger partial charge in [-0.2, -0.15) is 0 Å². The van der Waals surface area contributed by atoms with E-state index >= 15 is 0 Å². The van der Waals surface area contributed by atoms with E-state index in [-0.39, 0.29) is 11.2 Å². The fraction of sp³-hybridized carbons (Fsp3) is 0.750. The van der Waals surface area contributed by atoms with Gasteiger partial charge in [0, 0.05) is 5.57 Å². The molecule has 0 aromatic carbocycles. The van der Waals surface area contributed by atoms with E-state index in [1.54, 1.807) is 19.9 Å². The Bertz CT molecular complexity index is 287. The highest BCUT2D eigenvalue weighted by Crippen LogP contribution is 2.14. The number of rotatable bonds is 6. The van der Waals surface area contributed by atoms with Crippen molar-refractivity contribution in [3.8, 4) is 0 Å². The number of nitrogens with one attached hydrogen (secondary N) is 1. The molecule has 0 aliphatic heterocycles. The SMILES string of the molecule is C/C=C(\C)C(=O)NS(=O)C(C)C(C)CCC. The molecule has 0 heterocycles. The predicted octanol–water partition coefficient (Wildman–Crippen LogP) is 2.56. The molecule has 1 amide bonds. The highest BCUT2D eigenvalue weighted by atomic mass is 32.2. The molecule has 16 heavy (non-hydrogen) atoms. The van der Waals surface area contributed by atoms with Crippen molar-refractivity contribution < 1.29 is 9.00 Å². The average molecular weight is 245 g/mol. The summed E-state index contributed by atoms with van der Waals surface area (Å²) in [6.07, 6.45) is 3.82. The van der Waals surface area contributed by atoms with Gasteiger partial charge in [0.05, 0.1) is 5.25 Å². The van der Waals surface area contributed by atoms with E-state index in [1.165, 1.54) is 0 Å². The van der Waals surface area contributed by atoms with Crippen LogP contribution < -0.4 is 4.72 Å². The van der Waals surface area contributed by atoms with Gasteiger partial charge >= 0.3 is 0 Å². The third-order valence-electron chi connectivity index (χ3n) is 2.87. The molecule has 3 unspecified atom stereocenters. The van der Waals surface area contributed by atoms with Crippen molar-refractivity contribution in [2.24, 2.45) is 5.92 Å². The summed E-state index contributed by atoms with van der Waals surface area (Å²) in [5, 5.41) is -0.00597. The Morgan fingerprint density at radius 1 is 1.44 bits per heavy atom. The molecule has 0 saturated heterocycles. The first-order valence-electron chi connectivity index (χ1n) is 5.78. The van der Waals surface area contributed by atoms with Gasteiger partial charge in [-0.15, -0.1) is 0 Å². The van der Waals surface area contributed by atoms with Crippen molar-refractivity contribution >= 4 is 16.9 Å². The van der Waals surface area contributed by atoms with Crippen molar-refractivity contribution in [2.75, 3.05) is 0 Å². The Kier molecular flexibility index (Phi) is 7.30. The molecule has 0 fully saturated rings. The average Bonchev–Trinajstić information content (AvgIpc) is 2.26. The Hall–Kier alpha value is -0.640. The molecule has 0 bridgehead atoms. The van der Waals surface area contributed by atoms with Crippen LogP contribution in [0, 0.1) is 5.92 Å². The summed E-state index contributed by atoms with van der Waals surface area (Å²) in [6, 6.07) is 0. The molecule has 0 rings (SSSR count). The van der Waals surface area contributed by atoms with Crippen LogP contribution >= 0.6 is 0 Å². The molecule has 0 saturated carbocycles. The van der Waals surface area contributed by atoms with E-state index in [0.29, 0.717) is 11.5 Å². The van der Waals surface area contributed by atoms with Crippen molar-refractivity contribution in [1.82, 2.24) is 4.72 Å². The first-order valence-corrected chi connectivity index (χ1v) is 6.99. The van der Waals surface area contributed by atoms with Gasteiger partial charge in [-0.3, -0.25) is 9.52 Å². The third-order valence-corrected chi connectivity index (χ3v) is 4.39. The predicted molar refractivity (Wildman–Crippen MR) is 69.3 cm³/mol. The lowest BCUT2D eigenvalue weighted by atomic mass is 10.0. The lowest BCUT2D eigenvalue weighted by Crippen LogP contribution is -2.35. The molecule has 3 atom stereocenters. The van der Waals surface area contributed by atoms with Crippen molar-refractivity contribution in [2.45, 2.75) is 52.7 Å². The molecule has 0 aromatic heterocycles. The van der Waals surface area contributed by atoms with E-state index in [4.69, 9.17) is 0 Å². The highest BCUT2D eigenvalue weighted by molar-refractivity contribution is 7.84. The van der Waals surface area contributed by atoms with E-state index in [9.17, 15) is 9.00 Å². The Balaban J connectivity index is 4.31. The van der Waals surface area contributed by atoms with E-state index in [2.05, 4.69) is 18.6 Å². The highest BCUT2D eigenvalue weighted by Gasteiger charge is 2.20. The van der Waals surface area contributed by atoms with Crippen LogP contribution in [0.2, 0.25) is 0 Å². The summed E-state index contributed by atoms with van der Waals surface area (Å²) in [5.41, 5.74) is 0.601. The minimum absolute atomic E-state index is 0.00597. The number of allylic oxidation sites excluding steroid dienone is 1. The van der Waals surface area contributed by atoms with Crippen molar-refractivity contribution in [3.63, 3.8) is 0 Å². The zero-order valence-corrected chi connectivity index (χ0v) is 11.7. The maximum Gasteiger partial charge on any atom is 0.258 e. The van der Waals surface area contributed by atoms with Gasteiger partial charge in [0.2, 0.25) is 0 Å². The second-order valence-electron chi connectivity index (χ2n) is 4.17. The molecule has 0 aromatic rings. The van der Waals surface area contributed by atoms with Crippen LogP contribution in [-0.4, -0.2) is 15.4 Å². The lowest BCUT2D eigenvalue weighted by Gasteiger charge is -2.18. The van der Waals surface area contributed by atoms with Crippen LogP contribution in [0.4, 0.5) is 0 Å². The Morgan fingerprint density at radius 2 is 2.00 bits per heavy atom. The number of carbonyl (C=O) groups excluding carboxylic acids is 1. The molecule has 94 valence electrons. The van der Waals surface area contributed by atoms with Crippen LogP contribution in [0.15, 0.2) is 11.6 Å². The Morgan fingerprint density at radius 3 is 2.44 bits per heavy atom. The third kappa shape index (κ3) is 4.92. The van der Waals surface area contributed by atoms with Gasteiger partial charge in [-0.05, 0) is 33.1 Å². The fourth-order valence-electron chi connectivity index (χ4n) is 1.30. The molecular formula is C12H23NO2S. The Labute approximate surface area is 101 Å². The maximum absolute atomic E-state index is 11.8. The van der Waals surface area contributed by atoms with Gasteiger partial charge in [0.1, 0.15) is 11.0 Å². The van der Waals surface area contributed by atoms with Crippen molar-refractivity contribution in [3.05, 3.63) is 11.6 Å². The van der Waals surface area contributed by atoms with Crippen LogP contribution in [0.3, 0.4) is 0 Å². The smallest absolute Gasteiger partial charge is 0.258 e. The number of amides is 1. The molecule has 0 aliphatic rings. The van der Waals surface area contributed by atoms with Gasteiger partial charge in [0.25, 0.3) is 5.91 Å². The van der Waals surface area contributed by atoms with E-state index in [1.807, 2.05) is 6.92 Å². The van der Waals surface area contributed by atoms with Gasteiger partial charge in [-0.1, -0.05) is 26.3 Å². The largest absolute Gasteiger partial charge is 0.271 e. The minimum atomic E-state index is -1.29. The van der Waals surface area contributed by atoms with Crippen LogP contribution in [0.25, 0.3) is 0 Å². The number of carbonyl (C=O) groups is 1. The summed E-state index contributed by atoms with van der Waals surface area (Å²) in [6.45, 7) is 9.60. The lowest BCUT2D eigenvalue weighted by molar-refractivity contribution is -0.115. The summed E-state index contributed by atoms with van der Waals surface area (Å²) in [7, 11) is -1.29. The maximum atomic E-state index is 11.8. The summed E-state index contributed by atoms with van der Waals surface area (Å²) >= 11 is 0. The van der Waals surface area contributed by atoms with E-state index < -0.39 is 11.0 Å². The summed E-state index contributed by atoms with van der Waals surface area (Å²) in [5.74, 6) is 0.119. The molecule has 0 aliphatic carbocycles. The molecule has 0 spiro atoms. The monoisotopic (exact) mass is 245 g/mol. The normalized spacial score (nSPS) is 17.7. The van der Waals surface area contributed by atoms with Gasteiger partial charge in [-0.25, -0.2) is 4.21 Å². The number of hydrogen-bond acceptors (Lipinski definition) is 2. The molecule has 0 radical (unpaired) electrons. The zero-order valence-electron chi connectivity index (χ0n) is 10.9. The molecule has 3 nitrogen and oxygen atoms in total. The van der Waals surface area contributed by atoms with E-state index in [0.717, 1.165) is 12.8 Å². The van der Waals surface area contributed by atoms with Crippen LogP contribution in [0.1, 0.15) is 47.5 Å². The number of hydrogen-bond donors (Lipinski definition) is 1. The first kappa shape index (κ1) is 15.4. The standard InChI is InChI=1S/C12H23NO2S/c1-6-8-10(4)11(5)16(15)13-12(14)9(3)7-2/h7,10-11H,6,8H2,1-5H3,(H,13,14)/b9-7+. The van der Waals surface area contributed by atoms with Gasteiger partial charge in [0.15, 0.2) is 0 Å². The fourth-order valence-corrected chi connectivity index (χ4v) is 2.38. The molecule has 1 N–H and O–H groups in total. The zero-order chi connectivity index (χ0) is 12.7. The minimum Gasteiger partial charge on any atom is -0.271 e.